The Morgan fingerprint density at radius 3 is 2.60 bits per heavy atom. The third kappa shape index (κ3) is 2.08. The quantitative estimate of drug-likeness (QED) is 0.739. The van der Waals surface area contributed by atoms with Gasteiger partial charge in [0.25, 0.3) is 0 Å². The summed E-state index contributed by atoms with van der Waals surface area (Å²) in [5.74, 6) is 0.311. The number of carbonyl (C=O) groups excluding carboxylic acids is 2. The number of imide groups is 1. The number of aromatic nitrogens is 1. The van der Waals surface area contributed by atoms with Crippen LogP contribution in [0.15, 0.2) is 16.7 Å². The molecule has 5 heteroatoms. The van der Waals surface area contributed by atoms with Crippen LogP contribution in [0.1, 0.15) is 44.1 Å². The second-order valence-electron chi connectivity index (χ2n) is 5.84. The van der Waals surface area contributed by atoms with Gasteiger partial charge in [-0.2, -0.15) is 0 Å². The van der Waals surface area contributed by atoms with Crippen LogP contribution in [0.2, 0.25) is 0 Å². The number of rotatable bonds is 1. The number of hydrogen-bond donors (Lipinski definition) is 0. The third-order valence-corrected chi connectivity index (χ3v) is 5.30. The van der Waals surface area contributed by atoms with Crippen LogP contribution in [-0.2, 0) is 9.59 Å². The normalized spacial score (nSPS) is 21.8. The van der Waals surface area contributed by atoms with E-state index in [0.29, 0.717) is 12.2 Å². The third-order valence-electron chi connectivity index (χ3n) is 4.47. The summed E-state index contributed by atoms with van der Waals surface area (Å²) >= 11 is 3.39. The Bertz CT molecular complexity index is 579. The molecule has 2 fully saturated rings. The summed E-state index contributed by atoms with van der Waals surface area (Å²) in [6.07, 6.45) is 6.92. The zero-order valence-electron chi connectivity index (χ0n) is 11.5. The van der Waals surface area contributed by atoms with Crippen molar-refractivity contribution in [3.05, 3.63) is 22.3 Å². The predicted molar refractivity (Wildman–Crippen MR) is 79.3 cm³/mol. The van der Waals surface area contributed by atoms with Crippen molar-refractivity contribution in [2.75, 3.05) is 4.90 Å². The van der Waals surface area contributed by atoms with Gasteiger partial charge in [0, 0.05) is 17.1 Å². The van der Waals surface area contributed by atoms with E-state index in [9.17, 15) is 9.59 Å². The van der Waals surface area contributed by atoms with Gasteiger partial charge in [-0.05, 0) is 47.3 Å². The molecule has 20 heavy (non-hydrogen) atoms. The van der Waals surface area contributed by atoms with Crippen LogP contribution >= 0.6 is 15.9 Å². The van der Waals surface area contributed by atoms with E-state index in [1.54, 1.807) is 12.3 Å². The summed E-state index contributed by atoms with van der Waals surface area (Å²) in [6, 6.07) is 1.79. The van der Waals surface area contributed by atoms with Gasteiger partial charge >= 0.3 is 0 Å². The van der Waals surface area contributed by atoms with Crippen molar-refractivity contribution in [2.24, 2.45) is 5.41 Å². The van der Waals surface area contributed by atoms with Crippen LogP contribution in [0.25, 0.3) is 0 Å². The molecular weight excluding hydrogens is 320 g/mol. The van der Waals surface area contributed by atoms with Crippen molar-refractivity contribution >= 4 is 33.6 Å². The summed E-state index contributed by atoms with van der Waals surface area (Å²) in [4.78, 5) is 30.6. The first kappa shape index (κ1) is 13.7. The molecule has 3 rings (SSSR count). The summed E-state index contributed by atoms with van der Waals surface area (Å²) in [7, 11) is 0. The molecule has 106 valence electrons. The second kappa shape index (κ2) is 4.95. The lowest BCUT2D eigenvalue weighted by Crippen LogP contribution is -2.37. The number of nitrogens with zero attached hydrogens (tertiary/aromatic N) is 2. The molecule has 2 aliphatic rings. The number of anilines is 1. The number of aryl methyl sites for hydroxylation is 1. The molecule has 1 aromatic rings. The number of pyridine rings is 1. The van der Waals surface area contributed by atoms with Crippen molar-refractivity contribution < 1.29 is 9.59 Å². The molecule has 1 aliphatic carbocycles. The van der Waals surface area contributed by atoms with Gasteiger partial charge in [-0.3, -0.25) is 9.59 Å². The van der Waals surface area contributed by atoms with E-state index >= 15 is 0 Å². The molecule has 1 aliphatic heterocycles. The highest BCUT2D eigenvalue weighted by Crippen LogP contribution is 2.46. The van der Waals surface area contributed by atoms with E-state index in [2.05, 4.69) is 20.9 Å². The Morgan fingerprint density at radius 1 is 1.25 bits per heavy atom. The predicted octanol–water partition coefficient (Wildman–Crippen LogP) is 3.37. The molecule has 1 spiro atoms. The van der Waals surface area contributed by atoms with Gasteiger partial charge in [-0.1, -0.05) is 19.3 Å². The average molecular weight is 337 g/mol. The number of hydrogen-bond acceptors (Lipinski definition) is 3. The van der Waals surface area contributed by atoms with Crippen molar-refractivity contribution in [1.82, 2.24) is 4.98 Å². The minimum absolute atomic E-state index is 0.0450. The molecule has 1 aromatic heterocycles. The van der Waals surface area contributed by atoms with Crippen molar-refractivity contribution in [2.45, 2.75) is 45.4 Å². The fourth-order valence-electron chi connectivity index (χ4n) is 3.29. The van der Waals surface area contributed by atoms with Gasteiger partial charge in [0.2, 0.25) is 11.8 Å². The van der Waals surface area contributed by atoms with Crippen molar-refractivity contribution in [3.63, 3.8) is 0 Å². The monoisotopic (exact) mass is 336 g/mol. The van der Waals surface area contributed by atoms with Crippen LogP contribution in [0.4, 0.5) is 5.82 Å². The maximum Gasteiger partial charge on any atom is 0.241 e. The highest BCUT2D eigenvalue weighted by molar-refractivity contribution is 9.10. The summed E-state index contributed by atoms with van der Waals surface area (Å²) in [5, 5.41) is 0. The van der Waals surface area contributed by atoms with Crippen LogP contribution in [0.3, 0.4) is 0 Å². The fourth-order valence-corrected chi connectivity index (χ4v) is 3.51. The molecule has 1 saturated heterocycles. The van der Waals surface area contributed by atoms with Crippen LogP contribution in [0, 0.1) is 12.3 Å². The first-order valence-electron chi connectivity index (χ1n) is 7.03. The molecule has 0 aromatic carbocycles. The van der Waals surface area contributed by atoms with Gasteiger partial charge in [-0.25, -0.2) is 9.88 Å². The number of amides is 2. The van der Waals surface area contributed by atoms with Crippen LogP contribution in [-0.4, -0.2) is 16.8 Å². The van der Waals surface area contributed by atoms with Gasteiger partial charge in [0.1, 0.15) is 5.82 Å². The van der Waals surface area contributed by atoms with Crippen LogP contribution in [0.5, 0.6) is 0 Å². The molecule has 4 nitrogen and oxygen atoms in total. The Morgan fingerprint density at radius 2 is 1.95 bits per heavy atom. The Kier molecular flexibility index (Phi) is 3.40. The molecule has 0 radical (unpaired) electrons. The lowest BCUT2D eigenvalue weighted by Gasteiger charge is -2.30. The Balaban J connectivity index is 1.95. The van der Waals surface area contributed by atoms with E-state index in [1.807, 2.05) is 6.92 Å². The maximum atomic E-state index is 12.7. The Labute approximate surface area is 126 Å². The summed E-state index contributed by atoms with van der Waals surface area (Å²) in [6.45, 7) is 1.93. The lowest BCUT2D eigenvalue weighted by molar-refractivity contribution is -0.127. The summed E-state index contributed by atoms with van der Waals surface area (Å²) in [5.41, 5.74) is 0.526. The molecule has 0 N–H and O–H groups in total. The topological polar surface area (TPSA) is 50.3 Å². The minimum Gasteiger partial charge on any atom is -0.274 e. The smallest absolute Gasteiger partial charge is 0.241 e. The zero-order chi connectivity index (χ0) is 14.3. The van der Waals surface area contributed by atoms with Gasteiger partial charge in [0.15, 0.2) is 0 Å². The lowest BCUT2D eigenvalue weighted by atomic mass is 9.73. The number of halogens is 1. The number of carbonyl (C=O) groups is 2. The van der Waals surface area contributed by atoms with E-state index in [0.717, 1.165) is 35.7 Å². The van der Waals surface area contributed by atoms with Gasteiger partial charge < -0.3 is 0 Å². The molecule has 1 saturated carbocycles. The highest BCUT2D eigenvalue weighted by atomic mass is 79.9. The summed E-state index contributed by atoms with van der Waals surface area (Å²) < 4.78 is 0.882. The van der Waals surface area contributed by atoms with Crippen LogP contribution < -0.4 is 4.90 Å². The van der Waals surface area contributed by atoms with E-state index in [-0.39, 0.29) is 11.8 Å². The molecule has 2 heterocycles. The van der Waals surface area contributed by atoms with E-state index < -0.39 is 5.41 Å². The minimum atomic E-state index is -0.446. The first-order valence-corrected chi connectivity index (χ1v) is 7.82. The zero-order valence-corrected chi connectivity index (χ0v) is 13.1. The second-order valence-corrected chi connectivity index (χ2v) is 6.70. The SMILES string of the molecule is Cc1cc(N2C(=O)CC3(CCCCC3)C2=O)ncc1Br. The molecular formula is C15H17BrN2O2. The van der Waals surface area contributed by atoms with Crippen molar-refractivity contribution in [1.29, 1.82) is 0 Å². The molecule has 0 atom stereocenters. The fraction of sp³-hybridized carbons (Fsp3) is 0.533. The van der Waals surface area contributed by atoms with Gasteiger partial charge in [0.05, 0.1) is 5.41 Å². The van der Waals surface area contributed by atoms with E-state index in [4.69, 9.17) is 0 Å². The van der Waals surface area contributed by atoms with Gasteiger partial charge in [-0.15, -0.1) is 0 Å². The van der Waals surface area contributed by atoms with Crippen molar-refractivity contribution in [3.8, 4) is 0 Å². The Hall–Kier alpha value is -1.23. The average Bonchev–Trinajstić information content (AvgIpc) is 2.66. The highest BCUT2D eigenvalue weighted by Gasteiger charge is 2.52. The van der Waals surface area contributed by atoms with E-state index in [1.165, 1.54) is 11.3 Å². The standard InChI is InChI=1S/C15H17BrN2O2/c1-10-7-12(17-9-11(10)16)18-13(19)8-15(14(18)20)5-3-2-4-6-15/h7,9H,2-6,8H2,1H3. The largest absolute Gasteiger partial charge is 0.274 e. The maximum absolute atomic E-state index is 12.7. The first-order chi connectivity index (χ1) is 9.53. The molecule has 2 amide bonds. The molecule has 0 bridgehead atoms. The molecule has 0 unspecified atom stereocenters.